The molecule has 0 aromatic carbocycles. The number of nitrogens with zero attached hydrogens (tertiary/aromatic N) is 4. The average Bonchev–Trinajstić information content (AvgIpc) is 2.44. The molecule has 2 heterocycles. The Kier molecular flexibility index (Phi) is 12.1. The smallest absolute Gasteiger partial charge is 0.317 e. The van der Waals surface area contributed by atoms with Crippen LogP contribution >= 0.6 is 0 Å². The zero-order valence-corrected chi connectivity index (χ0v) is 15.4. The van der Waals surface area contributed by atoms with E-state index in [4.69, 9.17) is 5.11 Å². The van der Waals surface area contributed by atoms with Crippen molar-refractivity contribution in [3.05, 3.63) is 0 Å². The number of hydrogen-bond acceptors (Lipinski definition) is 5. The van der Waals surface area contributed by atoms with Crippen LogP contribution in [0.15, 0.2) is 0 Å². The van der Waals surface area contributed by atoms with E-state index >= 15 is 0 Å². The quantitative estimate of drug-likeness (QED) is 0.620. The van der Waals surface area contributed by atoms with Gasteiger partial charge in [0.15, 0.2) is 0 Å². The fraction of sp³-hybridized carbons (Fsp3) is 0.933. The van der Waals surface area contributed by atoms with Crippen LogP contribution in [-0.4, -0.2) is 115 Å². The Hall–Kier alpha value is -0.211. The molecule has 2 aliphatic rings. The second-order valence-electron chi connectivity index (χ2n) is 6.36. The van der Waals surface area contributed by atoms with Crippen LogP contribution in [0.4, 0.5) is 0 Å². The summed E-state index contributed by atoms with van der Waals surface area (Å²) in [5.74, 6) is -0.710. The van der Waals surface area contributed by atoms with E-state index in [0.717, 1.165) is 71.9 Å². The molecule has 2 atom stereocenters. The van der Waals surface area contributed by atoms with E-state index in [1.807, 2.05) is 0 Å². The van der Waals surface area contributed by atoms with Gasteiger partial charge in [0, 0.05) is 62.9 Å². The zero-order valence-electron chi connectivity index (χ0n) is 14.2. The van der Waals surface area contributed by atoms with Gasteiger partial charge in [0.2, 0.25) is 0 Å². The molecule has 8 heteroatoms. The number of rotatable bonds is 2. The largest absolute Gasteiger partial charge is 0.480 e. The monoisotopic (exact) mass is 371 g/mol. The Labute approximate surface area is 150 Å². The second-order valence-corrected chi connectivity index (χ2v) is 6.36. The van der Waals surface area contributed by atoms with Gasteiger partial charge >= 0.3 is 5.97 Å². The number of hydrogen-bond donors (Lipinski definition) is 1. The standard InChI is InChI=1S/C15H30N4O2.Mn.H2O/c1-16-4-2-5-18-11-10-17(9-8-16)6-3-7-19(13-12-18)14-15(20)21;;/h2-14H2,1H3,(H,20,21);;1H2. The van der Waals surface area contributed by atoms with E-state index < -0.39 is 5.97 Å². The molecule has 0 amide bonds. The van der Waals surface area contributed by atoms with Gasteiger partial charge in [-0.05, 0) is 39.5 Å². The first-order chi connectivity index (χ1) is 10.1. The van der Waals surface area contributed by atoms with Gasteiger partial charge in [-0.2, -0.15) is 0 Å². The van der Waals surface area contributed by atoms with Gasteiger partial charge in [-0.3, -0.25) is 9.69 Å². The molecule has 0 aromatic rings. The minimum atomic E-state index is -0.710. The fourth-order valence-electron chi connectivity index (χ4n) is 3.20. The number of carboxylic acids is 1. The van der Waals surface area contributed by atoms with Crippen molar-refractivity contribution in [2.45, 2.75) is 12.8 Å². The van der Waals surface area contributed by atoms with Crippen molar-refractivity contribution >= 4 is 5.97 Å². The third-order valence-electron chi connectivity index (χ3n) is 4.58. The van der Waals surface area contributed by atoms with Crippen molar-refractivity contribution in [1.29, 1.82) is 0 Å². The number of likely N-dealkylation sites (N-methyl/N-ethyl adjacent to an activating group) is 1. The molecule has 2 aliphatic heterocycles. The number of carbonyl (C=O) groups is 1. The molecule has 2 saturated heterocycles. The molecule has 2 unspecified atom stereocenters. The van der Waals surface area contributed by atoms with Crippen LogP contribution in [0, 0.1) is 0 Å². The van der Waals surface area contributed by atoms with E-state index in [-0.39, 0.29) is 29.1 Å². The topological polar surface area (TPSA) is 81.8 Å². The van der Waals surface area contributed by atoms with E-state index in [2.05, 4.69) is 26.6 Å². The van der Waals surface area contributed by atoms with Crippen molar-refractivity contribution in [1.82, 2.24) is 19.6 Å². The summed E-state index contributed by atoms with van der Waals surface area (Å²) < 4.78 is 0. The van der Waals surface area contributed by atoms with Gasteiger partial charge in [-0.25, -0.2) is 0 Å². The molecule has 0 saturated carbocycles. The molecule has 0 aromatic heterocycles. The van der Waals surface area contributed by atoms with Crippen molar-refractivity contribution in [3.63, 3.8) is 0 Å². The van der Waals surface area contributed by atoms with Crippen LogP contribution in [0.3, 0.4) is 0 Å². The summed E-state index contributed by atoms with van der Waals surface area (Å²) in [6.07, 6.45) is 2.27. The molecule has 1 radical (unpaired) electrons. The summed E-state index contributed by atoms with van der Waals surface area (Å²) >= 11 is 0. The summed E-state index contributed by atoms with van der Waals surface area (Å²) in [5.41, 5.74) is 0. The van der Waals surface area contributed by atoms with Gasteiger partial charge in [0.05, 0.1) is 6.54 Å². The number of carboxylic acid groups (broad SMARTS) is 1. The van der Waals surface area contributed by atoms with Gasteiger partial charge in [-0.15, -0.1) is 0 Å². The van der Waals surface area contributed by atoms with Crippen LogP contribution in [-0.2, 0) is 21.9 Å². The van der Waals surface area contributed by atoms with Crippen LogP contribution in [0.2, 0.25) is 0 Å². The first-order valence-electron chi connectivity index (χ1n) is 8.21. The molecular weight excluding hydrogens is 339 g/mol. The zero-order chi connectivity index (χ0) is 15.1. The minimum Gasteiger partial charge on any atom is -0.480 e. The molecule has 2 bridgehead atoms. The first kappa shape index (κ1) is 22.8. The Bertz CT molecular complexity index is 336. The summed E-state index contributed by atoms with van der Waals surface area (Å²) in [7, 11) is 2.21. The van der Waals surface area contributed by atoms with Crippen LogP contribution in [0.5, 0.6) is 0 Å². The van der Waals surface area contributed by atoms with Crippen molar-refractivity contribution in [2.75, 3.05) is 79.0 Å². The maximum atomic E-state index is 11.0. The normalized spacial score (nSPS) is 28.2. The van der Waals surface area contributed by atoms with E-state index in [0.29, 0.717) is 0 Å². The first-order valence-corrected chi connectivity index (χ1v) is 8.21. The van der Waals surface area contributed by atoms with Gasteiger partial charge in [0.1, 0.15) is 0 Å². The van der Waals surface area contributed by atoms with Crippen LogP contribution < -0.4 is 0 Å². The predicted molar refractivity (Wildman–Crippen MR) is 87.3 cm³/mol. The van der Waals surface area contributed by atoms with Crippen LogP contribution in [0.1, 0.15) is 12.8 Å². The van der Waals surface area contributed by atoms with E-state index in [1.165, 1.54) is 6.42 Å². The Balaban J connectivity index is 0.00000242. The molecule has 2 fully saturated rings. The molecule has 3 N–H and O–H groups in total. The van der Waals surface area contributed by atoms with Crippen molar-refractivity contribution in [2.24, 2.45) is 0 Å². The minimum absolute atomic E-state index is 0. The van der Waals surface area contributed by atoms with Crippen LogP contribution in [0.25, 0.3) is 0 Å². The maximum absolute atomic E-state index is 11.0. The average molecular weight is 371 g/mol. The SMILES string of the molecule is CN1CCCN2CCN(CCCN(CC(=O)O)CC2)CC1.O.[Mn]. The number of aliphatic carboxylic acids is 1. The van der Waals surface area contributed by atoms with E-state index in [1.54, 1.807) is 0 Å². The molecule has 137 valence electrons. The molecule has 0 aliphatic carbocycles. The maximum Gasteiger partial charge on any atom is 0.317 e. The van der Waals surface area contributed by atoms with E-state index in [9.17, 15) is 4.79 Å². The summed E-state index contributed by atoms with van der Waals surface area (Å²) in [6.45, 7) is 10.8. The Morgan fingerprint density at radius 3 is 1.96 bits per heavy atom. The van der Waals surface area contributed by atoms with Gasteiger partial charge in [0.25, 0.3) is 0 Å². The summed E-state index contributed by atoms with van der Waals surface area (Å²) in [6, 6.07) is 0. The van der Waals surface area contributed by atoms with Gasteiger partial charge in [-0.1, -0.05) is 0 Å². The summed E-state index contributed by atoms with van der Waals surface area (Å²) in [4.78, 5) is 20.5. The number of fused-ring (bicyclic) bond motifs is 3. The molecule has 0 spiro atoms. The van der Waals surface area contributed by atoms with Crippen molar-refractivity contribution < 1.29 is 32.4 Å². The summed E-state index contributed by atoms with van der Waals surface area (Å²) in [5, 5.41) is 9.03. The second kappa shape index (κ2) is 12.2. The fourth-order valence-corrected chi connectivity index (χ4v) is 3.20. The molecule has 23 heavy (non-hydrogen) atoms. The molecule has 2 rings (SSSR count). The predicted octanol–water partition coefficient (Wildman–Crippen LogP) is -1.11. The molecular formula is C15H32MnN4O3. The van der Waals surface area contributed by atoms with Gasteiger partial charge < -0.3 is 25.3 Å². The Morgan fingerprint density at radius 1 is 0.826 bits per heavy atom. The molecule has 7 nitrogen and oxygen atoms in total. The van der Waals surface area contributed by atoms with Crippen molar-refractivity contribution in [3.8, 4) is 0 Å². The third kappa shape index (κ3) is 9.00. The Morgan fingerprint density at radius 2 is 1.35 bits per heavy atom. The third-order valence-corrected chi connectivity index (χ3v) is 4.58.